The fourth-order valence-electron chi connectivity index (χ4n) is 8.28. The Morgan fingerprint density at radius 3 is 2.47 bits per heavy atom. The highest BCUT2D eigenvalue weighted by Gasteiger charge is 2.64. The maximum Gasteiger partial charge on any atom is 0.155 e. The molecule has 170 valence electrons. The van der Waals surface area contributed by atoms with Crippen LogP contribution in [0, 0.1) is 34.5 Å². The predicted octanol–water partition coefficient (Wildman–Crippen LogP) is 7.07. The predicted molar refractivity (Wildman–Crippen MR) is 125 cm³/mol. The number of aliphatic hydroxyl groups is 1. The highest BCUT2D eigenvalue weighted by molar-refractivity contribution is 6.17. The van der Waals surface area contributed by atoms with Gasteiger partial charge in [0.05, 0.1) is 5.60 Å². The number of carbonyl (C=O) groups excluding carboxylic acids is 1. The van der Waals surface area contributed by atoms with Crippen molar-refractivity contribution in [2.75, 3.05) is 5.88 Å². The van der Waals surface area contributed by atoms with E-state index in [-0.39, 0.29) is 10.8 Å². The van der Waals surface area contributed by atoms with Gasteiger partial charge in [-0.05, 0) is 98.9 Å². The topological polar surface area (TPSA) is 37.3 Å². The van der Waals surface area contributed by atoms with Crippen LogP contribution < -0.4 is 0 Å². The van der Waals surface area contributed by atoms with Crippen LogP contribution in [0.2, 0.25) is 0 Å². The molecule has 30 heavy (non-hydrogen) atoms. The number of fused-ring (bicyclic) bond motifs is 5. The molecule has 4 rings (SSSR count). The summed E-state index contributed by atoms with van der Waals surface area (Å²) < 4.78 is 0. The molecule has 0 heterocycles. The third-order valence-corrected chi connectivity index (χ3v) is 10.7. The van der Waals surface area contributed by atoms with Crippen molar-refractivity contribution in [3.05, 3.63) is 11.6 Å². The molecule has 2 nitrogen and oxygen atoms in total. The summed E-state index contributed by atoms with van der Waals surface area (Å²) in [5.41, 5.74) is 1.23. The Hall–Kier alpha value is -0.340. The molecular formula is C27H43ClO2. The van der Waals surface area contributed by atoms with E-state index in [1.807, 2.05) is 6.08 Å². The van der Waals surface area contributed by atoms with Gasteiger partial charge in [0.1, 0.15) is 0 Å². The van der Waals surface area contributed by atoms with Crippen molar-refractivity contribution >= 4 is 17.4 Å². The third-order valence-electron chi connectivity index (χ3n) is 10.4. The third kappa shape index (κ3) is 3.72. The van der Waals surface area contributed by atoms with Gasteiger partial charge in [-0.1, -0.05) is 45.1 Å². The lowest BCUT2D eigenvalue weighted by Gasteiger charge is -2.61. The van der Waals surface area contributed by atoms with Gasteiger partial charge in [-0.15, -0.1) is 11.6 Å². The van der Waals surface area contributed by atoms with E-state index in [0.717, 1.165) is 50.3 Å². The van der Waals surface area contributed by atoms with Crippen LogP contribution in [-0.4, -0.2) is 22.4 Å². The van der Waals surface area contributed by atoms with Gasteiger partial charge < -0.3 is 5.11 Å². The zero-order valence-electron chi connectivity index (χ0n) is 19.5. The van der Waals surface area contributed by atoms with Crippen LogP contribution in [-0.2, 0) is 4.79 Å². The molecule has 4 aliphatic rings. The molecule has 0 aromatic heterocycles. The lowest BCUT2D eigenvalue weighted by atomic mass is 9.44. The molecule has 0 amide bonds. The number of hydrogen-bond acceptors (Lipinski definition) is 2. The Morgan fingerprint density at radius 1 is 1.00 bits per heavy atom. The molecule has 4 aliphatic carbocycles. The Balaban J connectivity index is 1.57. The van der Waals surface area contributed by atoms with Crippen LogP contribution in [0.4, 0.5) is 0 Å². The molecule has 3 heteroatoms. The Labute approximate surface area is 189 Å². The second kappa shape index (κ2) is 8.54. The number of alkyl halides is 1. The van der Waals surface area contributed by atoms with Crippen LogP contribution >= 0.6 is 11.6 Å². The Bertz CT molecular complexity index is 682. The molecule has 0 aromatic carbocycles. The summed E-state index contributed by atoms with van der Waals surface area (Å²) in [7, 11) is 0. The van der Waals surface area contributed by atoms with E-state index in [2.05, 4.69) is 20.8 Å². The van der Waals surface area contributed by atoms with Crippen molar-refractivity contribution in [2.45, 2.75) is 110 Å². The van der Waals surface area contributed by atoms with E-state index in [1.54, 1.807) is 0 Å². The highest BCUT2D eigenvalue weighted by Crippen LogP contribution is 2.69. The van der Waals surface area contributed by atoms with Gasteiger partial charge >= 0.3 is 0 Å². The van der Waals surface area contributed by atoms with E-state index in [4.69, 9.17) is 11.6 Å². The number of unbranched alkanes of at least 4 members (excludes halogenated alkanes) is 4. The average Bonchev–Trinajstić information content (AvgIpc) is 2.95. The van der Waals surface area contributed by atoms with Crippen molar-refractivity contribution in [2.24, 2.45) is 34.5 Å². The van der Waals surface area contributed by atoms with Gasteiger partial charge in [-0.25, -0.2) is 0 Å². The zero-order chi connectivity index (χ0) is 21.6. The first-order valence-corrected chi connectivity index (χ1v) is 13.3. The summed E-state index contributed by atoms with van der Waals surface area (Å²) >= 11 is 5.84. The quantitative estimate of drug-likeness (QED) is 0.343. The number of carbonyl (C=O) groups is 1. The summed E-state index contributed by atoms with van der Waals surface area (Å²) in [6, 6.07) is 0. The summed E-state index contributed by atoms with van der Waals surface area (Å²) in [6.45, 7) is 6.97. The maximum atomic E-state index is 12.3. The molecule has 3 fully saturated rings. The molecule has 3 saturated carbocycles. The van der Waals surface area contributed by atoms with E-state index >= 15 is 0 Å². The van der Waals surface area contributed by atoms with E-state index in [9.17, 15) is 9.90 Å². The minimum absolute atomic E-state index is 0.0643. The smallest absolute Gasteiger partial charge is 0.155 e. The van der Waals surface area contributed by atoms with Crippen LogP contribution in [0.1, 0.15) is 104 Å². The van der Waals surface area contributed by atoms with Gasteiger partial charge in [-0.2, -0.15) is 0 Å². The summed E-state index contributed by atoms with van der Waals surface area (Å²) in [5, 5.41) is 11.3. The molecule has 0 saturated heterocycles. The van der Waals surface area contributed by atoms with Crippen molar-refractivity contribution < 1.29 is 9.90 Å². The standard InChI is InChI=1S/C27H43ClO2/c1-25-13-10-21(29)18-20(25)17-19(9-7-5-4-6-8-16-28)24-22(25)11-14-26(2)23(24)12-15-27(26,3)30/h18-19,22-24,30H,4-17H2,1-3H3/t19-,22+,23+,24-,25+,26+,27-/m1/s1. The summed E-state index contributed by atoms with van der Waals surface area (Å²) in [5.74, 6) is 3.88. The number of allylic oxidation sites excluding steroid dienone is 1. The minimum Gasteiger partial charge on any atom is -0.390 e. The van der Waals surface area contributed by atoms with Crippen molar-refractivity contribution in [1.29, 1.82) is 0 Å². The largest absolute Gasteiger partial charge is 0.390 e. The lowest BCUT2D eigenvalue weighted by Crippen LogP contribution is -2.56. The first kappa shape index (κ1) is 22.8. The van der Waals surface area contributed by atoms with E-state index in [0.29, 0.717) is 23.5 Å². The van der Waals surface area contributed by atoms with Crippen LogP contribution in [0.15, 0.2) is 11.6 Å². The summed E-state index contributed by atoms with van der Waals surface area (Å²) in [6.07, 6.45) is 17.0. The number of rotatable bonds is 7. The van der Waals surface area contributed by atoms with Crippen LogP contribution in [0.5, 0.6) is 0 Å². The van der Waals surface area contributed by atoms with Crippen molar-refractivity contribution in [1.82, 2.24) is 0 Å². The van der Waals surface area contributed by atoms with Crippen molar-refractivity contribution in [3.63, 3.8) is 0 Å². The molecule has 7 atom stereocenters. The number of ketones is 1. The second-order valence-electron chi connectivity index (χ2n) is 11.8. The van der Waals surface area contributed by atoms with Gasteiger partial charge in [-0.3, -0.25) is 4.79 Å². The highest BCUT2D eigenvalue weighted by atomic mass is 35.5. The fraction of sp³-hybridized carbons (Fsp3) is 0.889. The minimum atomic E-state index is -0.520. The first-order chi connectivity index (χ1) is 14.2. The molecule has 0 aromatic rings. The summed E-state index contributed by atoms with van der Waals surface area (Å²) in [4.78, 5) is 12.3. The normalized spacial score (nSPS) is 45.5. The van der Waals surface area contributed by atoms with Gasteiger partial charge in [0.2, 0.25) is 0 Å². The first-order valence-electron chi connectivity index (χ1n) is 12.8. The molecule has 0 unspecified atom stereocenters. The monoisotopic (exact) mass is 434 g/mol. The number of halogens is 1. The van der Waals surface area contributed by atoms with Gasteiger partial charge in [0.25, 0.3) is 0 Å². The van der Waals surface area contributed by atoms with Crippen LogP contribution in [0.3, 0.4) is 0 Å². The maximum absolute atomic E-state index is 12.3. The van der Waals surface area contributed by atoms with E-state index in [1.165, 1.54) is 50.5 Å². The average molecular weight is 435 g/mol. The molecular weight excluding hydrogens is 392 g/mol. The molecule has 0 bridgehead atoms. The second-order valence-corrected chi connectivity index (χ2v) is 12.2. The Morgan fingerprint density at radius 2 is 1.70 bits per heavy atom. The van der Waals surface area contributed by atoms with Gasteiger partial charge in [0.15, 0.2) is 5.78 Å². The molecule has 0 spiro atoms. The molecule has 0 aliphatic heterocycles. The molecule has 1 N–H and O–H groups in total. The van der Waals surface area contributed by atoms with Crippen molar-refractivity contribution in [3.8, 4) is 0 Å². The SMILES string of the molecule is C[C@]12CCC(=O)C=C1C[C@@H](CCCCCCCCl)[C@@H]1[C@@H]2CC[C@@]2(C)[C@H]1CC[C@@]2(C)O. The van der Waals surface area contributed by atoms with Crippen LogP contribution in [0.25, 0.3) is 0 Å². The lowest BCUT2D eigenvalue weighted by molar-refractivity contribution is -0.135. The molecule has 0 radical (unpaired) electrons. The number of hydrogen-bond donors (Lipinski definition) is 1. The van der Waals surface area contributed by atoms with E-state index < -0.39 is 5.60 Å². The zero-order valence-corrected chi connectivity index (χ0v) is 20.3. The fourth-order valence-corrected chi connectivity index (χ4v) is 8.46. The van der Waals surface area contributed by atoms with Gasteiger partial charge in [0, 0.05) is 12.3 Å². The Kier molecular flexibility index (Phi) is 6.50.